The first-order valence-corrected chi connectivity index (χ1v) is 7.66. The third-order valence-electron chi connectivity index (χ3n) is 3.03. The van der Waals surface area contributed by atoms with Crippen LogP contribution in [0.15, 0.2) is 18.2 Å². The zero-order chi connectivity index (χ0) is 13.2. The Morgan fingerprint density at radius 1 is 1.39 bits per heavy atom. The second kappa shape index (κ2) is 5.24. The van der Waals surface area contributed by atoms with Crippen molar-refractivity contribution in [2.75, 3.05) is 18.1 Å². The van der Waals surface area contributed by atoms with Crippen LogP contribution in [-0.4, -0.2) is 31.6 Å². The Kier molecular flexibility index (Phi) is 3.87. The molecule has 1 heterocycles. The van der Waals surface area contributed by atoms with Crippen molar-refractivity contribution in [3.8, 4) is 5.75 Å². The van der Waals surface area contributed by atoms with Crippen LogP contribution in [-0.2, 0) is 16.4 Å². The molecule has 1 unspecified atom stereocenters. The lowest BCUT2D eigenvalue weighted by Gasteiger charge is -2.09. The first kappa shape index (κ1) is 13.3. The van der Waals surface area contributed by atoms with Crippen LogP contribution in [0.5, 0.6) is 5.75 Å². The van der Waals surface area contributed by atoms with Gasteiger partial charge >= 0.3 is 0 Å². The monoisotopic (exact) mass is 273 g/mol. The van der Waals surface area contributed by atoms with Crippen LogP contribution in [0.4, 0.5) is 4.39 Å². The number of sulfone groups is 1. The fourth-order valence-corrected chi connectivity index (χ4v) is 4.05. The summed E-state index contributed by atoms with van der Waals surface area (Å²) in [6.45, 7) is 1.01. The minimum absolute atomic E-state index is 0.102. The number of phenols is 1. The summed E-state index contributed by atoms with van der Waals surface area (Å²) >= 11 is 0. The molecule has 0 spiro atoms. The predicted molar refractivity (Wildman–Crippen MR) is 66.5 cm³/mol. The molecule has 0 bridgehead atoms. The number of halogens is 1. The highest BCUT2D eigenvalue weighted by Crippen LogP contribution is 2.18. The Morgan fingerprint density at radius 2 is 2.17 bits per heavy atom. The minimum Gasteiger partial charge on any atom is -0.508 e. The smallest absolute Gasteiger partial charge is 0.150 e. The summed E-state index contributed by atoms with van der Waals surface area (Å²) in [5.74, 6) is 0.0525. The normalized spacial score (nSPS) is 22.2. The van der Waals surface area contributed by atoms with Crippen LogP contribution < -0.4 is 5.32 Å². The van der Waals surface area contributed by atoms with Gasteiger partial charge in [0.25, 0.3) is 0 Å². The molecule has 6 heteroatoms. The molecule has 0 saturated carbocycles. The predicted octanol–water partition coefficient (Wildman–Crippen LogP) is 1.06. The second-order valence-corrected chi connectivity index (χ2v) is 6.95. The van der Waals surface area contributed by atoms with Crippen molar-refractivity contribution in [2.24, 2.45) is 5.92 Å². The van der Waals surface area contributed by atoms with E-state index in [9.17, 15) is 17.9 Å². The van der Waals surface area contributed by atoms with E-state index in [1.54, 1.807) is 0 Å². The SMILES string of the molecule is O=S1(=O)CCC(CNCc2cc(O)cc(F)c2)C1. The van der Waals surface area contributed by atoms with Crippen LogP contribution in [0.1, 0.15) is 12.0 Å². The van der Waals surface area contributed by atoms with E-state index in [0.717, 1.165) is 6.07 Å². The molecule has 18 heavy (non-hydrogen) atoms. The van der Waals surface area contributed by atoms with Gasteiger partial charge in [-0.15, -0.1) is 0 Å². The van der Waals surface area contributed by atoms with Crippen molar-refractivity contribution < 1.29 is 17.9 Å². The molecule has 1 saturated heterocycles. The minimum atomic E-state index is -2.84. The van der Waals surface area contributed by atoms with E-state index >= 15 is 0 Å². The quantitative estimate of drug-likeness (QED) is 0.860. The molecule has 1 fully saturated rings. The third-order valence-corrected chi connectivity index (χ3v) is 4.87. The fraction of sp³-hybridized carbons (Fsp3) is 0.500. The van der Waals surface area contributed by atoms with Gasteiger partial charge in [0.05, 0.1) is 11.5 Å². The highest BCUT2D eigenvalue weighted by atomic mass is 32.2. The zero-order valence-electron chi connectivity index (χ0n) is 9.89. The Labute approximate surface area is 106 Å². The van der Waals surface area contributed by atoms with Crippen LogP contribution >= 0.6 is 0 Å². The lowest BCUT2D eigenvalue weighted by atomic mass is 10.1. The maximum absolute atomic E-state index is 13.0. The van der Waals surface area contributed by atoms with Gasteiger partial charge in [-0.3, -0.25) is 0 Å². The number of hydrogen-bond donors (Lipinski definition) is 2. The summed E-state index contributed by atoms with van der Waals surface area (Å²) in [5, 5.41) is 12.3. The van der Waals surface area contributed by atoms with E-state index in [4.69, 9.17) is 0 Å². The van der Waals surface area contributed by atoms with Gasteiger partial charge < -0.3 is 10.4 Å². The molecule has 100 valence electrons. The average molecular weight is 273 g/mol. The highest BCUT2D eigenvalue weighted by molar-refractivity contribution is 7.91. The lowest BCUT2D eigenvalue weighted by Crippen LogP contribution is -2.23. The van der Waals surface area contributed by atoms with Crippen molar-refractivity contribution in [1.29, 1.82) is 0 Å². The topological polar surface area (TPSA) is 66.4 Å². The molecule has 1 aliphatic heterocycles. The molecular weight excluding hydrogens is 257 g/mol. The van der Waals surface area contributed by atoms with E-state index in [1.807, 2.05) is 0 Å². The largest absolute Gasteiger partial charge is 0.508 e. The number of rotatable bonds is 4. The van der Waals surface area contributed by atoms with Crippen LogP contribution in [0, 0.1) is 11.7 Å². The van der Waals surface area contributed by atoms with Crippen molar-refractivity contribution in [1.82, 2.24) is 5.32 Å². The average Bonchev–Trinajstić information content (AvgIpc) is 2.57. The molecule has 1 atom stereocenters. The maximum atomic E-state index is 13.0. The van der Waals surface area contributed by atoms with Gasteiger partial charge in [0, 0.05) is 12.6 Å². The summed E-state index contributed by atoms with van der Waals surface area (Å²) < 4.78 is 35.5. The molecule has 0 aromatic heterocycles. The number of nitrogens with one attached hydrogen (secondary N) is 1. The number of aromatic hydroxyl groups is 1. The Bertz CT molecular complexity index is 510. The first-order valence-electron chi connectivity index (χ1n) is 5.84. The van der Waals surface area contributed by atoms with E-state index < -0.39 is 15.7 Å². The molecule has 4 nitrogen and oxygen atoms in total. The first-order chi connectivity index (χ1) is 8.44. The van der Waals surface area contributed by atoms with Gasteiger partial charge in [-0.2, -0.15) is 0 Å². The molecule has 1 aromatic carbocycles. The van der Waals surface area contributed by atoms with Crippen LogP contribution in [0.25, 0.3) is 0 Å². The fourth-order valence-electron chi connectivity index (χ4n) is 2.19. The Morgan fingerprint density at radius 3 is 2.78 bits per heavy atom. The standard InChI is InChI=1S/C12H16FNO3S/c13-11-3-10(4-12(15)5-11)7-14-6-9-1-2-18(16,17)8-9/h3-5,9,14-15H,1-2,6-8H2. The van der Waals surface area contributed by atoms with Gasteiger partial charge in [-0.05, 0) is 36.6 Å². The lowest BCUT2D eigenvalue weighted by molar-refractivity contribution is 0.466. The summed E-state index contributed by atoms with van der Waals surface area (Å²) in [4.78, 5) is 0. The van der Waals surface area contributed by atoms with Crippen LogP contribution in [0.3, 0.4) is 0 Å². The zero-order valence-corrected chi connectivity index (χ0v) is 10.7. The van der Waals surface area contributed by atoms with E-state index in [2.05, 4.69) is 5.32 Å². The number of benzene rings is 1. The molecule has 1 aromatic rings. The van der Waals surface area contributed by atoms with Gasteiger partial charge in [0.2, 0.25) is 0 Å². The van der Waals surface area contributed by atoms with Crippen molar-refractivity contribution in [3.63, 3.8) is 0 Å². The van der Waals surface area contributed by atoms with Gasteiger partial charge in [-0.25, -0.2) is 12.8 Å². The summed E-state index contributed by atoms with van der Waals surface area (Å²) in [5.41, 5.74) is 0.647. The molecule has 1 aliphatic rings. The number of hydrogen-bond acceptors (Lipinski definition) is 4. The van der Waals surface area contributed by atoms with E-state index in [-0.39, 0.29) is 23.2 Å². The summed E-state index contributed by atoms with van der Waals surface area (Å²) in [7, 11) is -2.84. The van der Waals surface area contributed by atoms with E-state index in [0.29, 0.717) is 25.1 Å². The number of phenolic OH excluding ortho intramolecular Hbond substituents is 1. The van der Waals surface area contributed by atoms with Crippen LogP contribution in [0.2, 0.25) is 0 Å². The third kappa shape index (κ3) is 3.68. The van der Waals surface area contributed by atoms with E-state index in [1.165, 1.54) is 12.1 Å². The highest BCUT2D eigenvalue weighted by Gasteiger charge is 2.27. The van der Waals surface area contributed by atoms with Crippen molar-refractivity contribution in [2.45, 2.75) is 13.0 Å². The second-order valence-electron chi connectivity index (χ2n) is 4.72. The Hall–Kier alpha value is -1.14. The molecule has 2 rings (SSSR count). The summed E-state index contributed by atoms with van der Waals surface area (Å²) in [6, 6.07) is 3.88. The van der Waals surface area contributed by atoms with Crippen molar-refractivity contribution >= 4 is 9.84 Å². The summed E-state index contributed by atoms with van der Waals surface area (Å²) in [6.07, 6.45) is 0.684. The molecule has 0 amide bonds. The van der Waals surface area contributed by atoms with Crippen molar-refractivity contribution in [3.05, 3.63) is 29.6 Å². The van der Waals surface area contributed by atoms with Gasteiger partial charge in [0.15, 0.2) is 9.84 Å². The van der Waals surface area contributed by atoms with Gasteiger partial charge in [0.1, 0.15) is 11.6 Å². The molecule has 0 aliphatic carbocycles. The maximum Gasteiger partial charge on any atom is 0.150 e. The molecule has 2 N–H and O–H groups in total. The Balaban J connectivity index is 1.82. The molecule has 0 radical (unpaired) electrons. The molecular formula is C12H16FNO3S. The van der Waals surface area contributed by atoms with Gasteiger partial charge in [-0.1, -0.05) is 0 Å².